The zero-order valence-electron chi connectivity index (χ0n) is 25.7. The van der Waals surface area contributed by atoms with E-state index in [-0.39, 0.29) is 5.91 Å². The van der Waals surface area contributed by atoms with Gasteiger partial charge in [0.05, 0.1) is 13.2 Å². The number of hydrogen-bond donors (Lipinski definition) is 0. The summed E-state index contributed by atoms with van der Waals surface area (Å²) in [5.41, 5.74) is 4.60. The highest BCUT2D eigenvalue weighted by atomic mass is 16.5. The molecule has 6 heteroatoms. The number of aldehydes is 1. The maximum absolute atomic E-state index is 12.6. The van der Waals surface area contributed by atoms with Gasteiger partial charge in [0.2, 0.25) is 0 Å². The molecule has 0 bridgehead atoms. The van der Waals surface area contributed by atoms with Crippen LogP contribution in [-0.4, -0.2) is 79.3 Å². The molecule has 3 heterocycles. The quantitative estimate of drug-likeness (QED) is 0.200. The lowest BCUT2D eigenvalue weighted by molar-refractivity contribution is -0.109. The van der Waals surface area contributed by atoms with E-state index in [1.807, 2.05) is 29.2 Å². The molecule has 224 valence electrons. The predicted octanol–water partition coefficient (Wildman–Crippen LogP) is 6.32. The van der Waals surface area contributed by atoms with Crippen molar-refractivity contribution in [3.8, 4) is 5.75 Å². The first-order valence-electron chi connectivity index (χ1n) is 16.0. The van der Waals surface area contributed by atoms with Gasteiger partial charge < -0.3 is 19.3 Å². The van der Waals surface area contributed by atoms with Crippen molar-refractivity contribution in [2.45, 2.75) is 90.1 Å². The van der Waals surface area contributed by atoms with Crippen LogP contribution in [-0.2, 0) is 17.8 Å². The summed E-state index contributed by atoms with van der Waals surface area (Å²) in [7, 11) is 2.24. The van der Waals surface area contributed by atoms with Gasteiger partial charge in [0.15, 0.2) is 0 Å². The third kappa shape index (κ3) is 8.65. The molecule has 1 fully saturated rings. The van der Waals surface area contributed by atoms with Crippen LogP contribution in [0.3, 0.4) is 0 Å². The Bertz CT molecular complexity index is 1120. The van der Waals surface area contributed by atoms with Gasteiger partial charge in [-0.3, -0.25) is 9.69 Å². The first kappa shape index (κ1) is 31.2. The summed E-state index contributed by atoms with van der Waals surface area (Å²) in [6.45, 7) is 10.7. The molecular weight excluding hydrogens is 510 g/mol. The molecule has 6 nitrogen and oxygen atoms in total. The maximum atomic E-state index is 12.6. The van der Waals surface area contributed by atoms with Crippen molar-refractivity contribution in [2.75, 3.05) is 46.4 Å². The Morgan fingerprint density at radius 2 is 1.80 bits per heavy atom. The van der Waals surface area contributed by atoms with Gasteiger partial charge in [-0.2, -0.15) is 0 Å². The zero-order chi connectivity index (χ0) is 29.0. The summed E-state index contributed by atoms with van der Waals surface area (Å²) in [6.07, 6.45) is 12.1. The minimum Gasteiger partial charge on any atom is -0.493 e. The van der Waals surface area contributed by atoms with Gasteiger partial charge in [0.25, 0.3) is 5.91 Å². The van der Waals surface area contributed by atoms with Gasteiger partial charge in [-0.15, -0.1) is 0 Å². The van der Waals surface area contributed by atoms with Crippen molar-refractivity contribution in [3.05, 3.63) is 64.7 Å². The minimum atomic E-state index is 0.135. The number of nitrogens with zero attached hydrogens (tertiary/aromatic N) is 3. The van der Waals surface area contributed by atoms with E-state index in [4.69, 9.17) is 4.74 Å². The summed E-state index contributed by atoms with van der Waals surface area (Å²) in [4.78, 5) is 30.6. The van der Waals surface area contributed by atoms with Crippen molar-refractivity contribution < 1.29 is 14.3 Å². The molecule has 0 N–H and O–H groups in total. The van der Waals surface area contributed by atoms with Crippen LogP contribution in [0.15, 0.2) is 42.5 Å². The van der Waals surface area contributed by atoms with E-state index < -0.39 is 0 Å². The van der Waals surface area contributed by atoms with Crippen molar-refractivity contribution >= 4 is 12.2 Å². The maximum Gasteiger partial charge on any atom is 0.254 e. The van der Waals surface area contributed by atoms with E-state index in [0.29, 0.717) is 25.0 Å². The van der Waals surface area contributed by atoms with Crippen LogP contribution in [0.2, 0.25) is 0 Å². The fourth-order valence-corrected chi connectivity index (χ4v) is 6.45. The summed E-state index contributed by atoms with van der Waals surface area (Å²) in [6, 6.07) is 14.8. The Morgan fingerprint density at radius 3 is 2.59 bits per heavy atom. The molecule has 2 atom stereocenters. The molecule has 1 amide bonds. The van der Waals surface area contributed by atoms with E-state index in [1.165, 1.54) is 62.7 Å². The summed E-state index contributed by atoms with van der Waals surface area (Å²) < 4.78 is 5.63. The van der Waals surface area contributed by atoms with E-state index in [1.54, 1.807) is 0 Å². The smallest absolute Gasteiger partial charge is 0.254 e. The Morgan fingerprint density at radius 1 is 1.00 bits per heavy atom. The predicted molar refractivity (Wildman–Crippen MR) is 167 cm³/mol. The van der Waals surface area contributed by atoms with E-state index in [0.717, 1.165) is 62.1 Å². The number of rotatable bonds is 14. The highest BCUT2D eigenvalue weighted by Crippen LogP contribution is 2.36. The SMILES string of the molecule is CCCCCCN(C)CCCC.O=CCN1CC(c2ccc3c(c2)CCO3)CC1CCN1Cc2ccccc2C1=O. The fraction of sp³-hybridized carbons (Fsp3) is 0.600. The first-order chi connectivity index (χ1) is 20.0. The average Bonchev–Trinajstić information content (AvgIpc) is 3.71. The molecular formula is C35H51N3O3. The van der Waals surface area contributed by atoms with Crippen LogP contribution < -0.4 is 4.74 Å². The van der Waals surface area contributed by atoms with Crippen LogP contribution in [0.4, 0.5) is 0 Å². The number of ether oxygens (including phenoxy) is 1. The number of benzene rings is 2. The third-order valence-corrected chi connectivity index (χ3v) is 8.94. The number of amides is 1. The van der Waals surface area contributed by atoms with Crippen molar-refractivity contribution in [1.29, 1.82) is 0 Å². The van der Waals surface area contributed by atoms with Crippen molar-refractivity contribution in [2.24, 2.45) is 0 Å². The summed E-state index contributed by atoms with van der Waals surface area (Å²) in [5.74, 6) is 1.58. The second-order valence-corrected chi connectivity index (χ2v) is 12.1. The highest BCUT2D eigenvalue weighted by molar-refractivity contribution is 5.98. The third-order valence-electron chi connectivity index (χ3n) is 8.94. The van der Waals surface area contributed by atoms with Gasteiger partial charge in [0, 0.05) is 37.7 Å². The lowest BCUT2D eigenvalue weighted by Gasteiger charge is -2.24. The standard InChI is InChI=1S/C24H26N2O3.C11H25N/c27-11-10-25-16-20(17-5-6-23-18(13-17)8-12-29-23)14-21(25)7-9-26-15-19-3-1-2-4-22(19)24(26)28;1-4-6-8-9-11-12(3)10-7-5-2/h1-6,11,13,20-21H,7-10,12,14-16H2;4-11H2,1-3H3. The summed E-state index contributed by atoms with van der Waals surface area (Å²) in [5, 5.41) is 0. The first-order valence-corrected chi connectivity index (χ1v) is 16.0. The van der Waals surface area contributed by atoms with Crippen LogP contribution in [0.1, 0.15) is 98.2 Å². The zero-order valence-corrected chi connectivity index (χ0v) is 25.7. The second-order valence-electron chi connectivity index (χ2n) is 12.1. The molecule has 0 spiro atoms. The number of carbonyl (C=O) groups is 2. The lowest BCUT2D eigenvalue weighted by Crippen LogP contribution is -2.35. The van der Waals surface area contributed by atoms with Crippen LogP contribution in [0, 0.1) is 0 Å². The van der Waals surface area contributed by atoms with Gasteiger partial charge in [-0.1, -0.05) is 69.9 Å². The van der Waals surface area contributed by atoms with Gasteiger partial charge in [0.1, 0.15) is 12.0 Å². The van der Waals surface area contributed by atoms with E-state index in [9.17, 15) is 9.59 Å². The molecule has 41 heavy (non-hydrogen) atoms. The number of unbranched alkanes of at least 4 members (excludes halogenated alkanes) is 4. The Kier molecular flexibility index (Phi) is 12.2. The van der Waals surface area contributed by atoms with Crippen molar-refractivity contribution in [1.82, 2.24) is 14.7 Å². The number of fused-ring (bicyclic) bond motifs is 2. The molecule has 2 aromatic rings. The molecule has 0 saturated carbocycles. The molecule has 5 rings (SSSR count). The second kappa shape index (κ2) is 16.1. The molecule has 3 aliphatic rings. The van der Waals surface area contributed by atoms with E-state index >= 15 is 0 Å². The van der Waals surface area contributed by atoms with Gasteiger partial charge in [-0.05, 0) is 80.6 Å². The normalized spacial score (nSPS) is 19.6. The molecule has 1 saturated heterocycles. The molecule has 2 unspecified atom stereocenters. The Balaban J connectivity index is 0.000000275. The minimum absolute atomic E-state index is 0.135. The van der Waals surface area contributed by atoms with Crippen LogP contribution in [0.5, 0.6) is 5.75 Å². The number of hydrogen-bond acceptors (Lipinski definition) is 5. The number of likely N-dealkylation sites (tertiary alicyclic amines) is 1. The topological polar surface area (TPSA) is 53.1 Å². The van der Waals surface area contributed by atoms with E-state index in [2.05, 4.69) is 48.9 Å². The highest BCUT2D eigenvalue weighted by Gasteiger charge is 2.34. The number of carbonyl (C=O) groups excluding carboxylic acids is 2. The molecule has 2 aromatic carbocycles. The van der Waals surface area contributed by atoms with Crippen molar-refractivity contribution in [3.63, 3.8) is 0 Å². The fourth-order valence-electron chi connectivity index (χ4n) is 6.45. The van der Waals surface area contributed by atoms with Crippen LogP contribution >= 0.6 is 0 Å². The largest absolute Gasteiger partial charge is 0.493 e. The molecule has 0 radical (unpaired) electrons. The lowest BCUT2D eigenvalue weighted by atomic mass is 9.93. The summed E-state index contributed by atoms with van der Waals surface area (Å²) >= 11 is 0. The van der Waals surface area contributed by atoms with Gasteiger partial charge >= 0.3 is 0 Å². The Labute approximate surface area is 248 Å². The molecule has 0 aromatic heterocycles. The monoisotopic (exact) mass is 561 g/mol. The molecule has 3 aliphatic heterocycles. The molecule has 0 aliphatic carbocycles. The average molecular weight is 562 g/mol. The van der Waals surface area contributed by atoms with Crippen LogP contribution in [0.25, 0.3) is 0 Å². The van der Waals surface area contributed by atoms with Gasteiger partial charge in [-0.25, -0.2) is 0 Å². The Hall–Kier alpha value is -2.70.